The standard InChI is InChI=1S/C15H20N2O4/c18-13(16-7-11-4-2-6-21-11)9-17-8-10-3-1-5-12(10)14(17)15(19)20/h2,4,6,10,12,14H,1,3,5,7-9H2,(H,16,18)(H,19,20). The molecule has 1 saturated heterocycles. The molecule has 1 aliphatic carbocycles. The van der Waals surface area contributed by atoms with Crippen LogP contribution in [0.1, 0.15) is 25.0 Å². The van der Waals surface area contributed by atoms with Crippen LogP contribution in [0.15, 0.2) is 22.8 Å². The molecule has 6 nitrogen and oxygen atoms in total. The number of carbonyl (C=O) groups is 2. The van der Waals surface area contributed by atoms with E-state index >= 15 is 0 Å². The van der Waals surface area contributed by atoms with Crippen molar-refractivity contribution in [1.29, 1.82) is 0 Å². The fourth-order valence-electron chi connectivity index (χ4n) is 3.73. The van der Waals surface area contributed by atoms with Crippen LogP contribution in [-0.4, -0.2) is 41.0 Å². The first-order valence-electron chi connectivity index (χ1n) is 7.41. The molecule has 1 amide bonds. The van der Waals surface area contributed by atoms with Gasteiger partial charge in [-0.3, -0.25) is 14.5 Å². The van der Waals surface area contributed by atoms with Crippen molar-refractivity contribution < 1.29 is 19.1 Å². The summed E-state index contributed by atoms with van der Waals surface area (Å²) in [6, 6.07) is 3.05. The number of amides is 1. The monoisotopic (exact) mass is 292 g/mol. The fraction of sp³-hybridized carbons (Fsp3) is 0.600. The minimum atomic E-state index is -0.803. The summed E-state index contributed by atoms with van der Waals surface area (Å²) in [5, 5.41) is 12.2. The number of carboxylic acids is 1. The third-order valence-electron chi connectivity index (χ3n) is 4.63. The SMILES string of the molecule is O=C(CN1CC2CCCC2C1C(=O)O)NCc1ccco1. The molecule has 0 radical (unpaired) electrons. The third kappa shape index (κ3) is 2.95. The highest BCUT2D eigenvalue weighted by atomic mass is 16.4. The minimum absolute atomic E-state index is 0.144. The molecular formula is C15H20N2O4. The lowest BCUT2D eigenvalue weighted by molar-refractivity contribution is -0.144. The van der Waals surface area contributed by atoms with Crippen LogP contribution >= 0.6 is 0 Å². The van der Waals surface area contributed by atoms with E-state index in [0.717, 1.165) is 25.8 Å². The first-order chi connectivity index (χ1) is 10.1. The van der Waals surface area contributed by atoms with Crippen LogP contribution < -0.4 is 5.32 Å². The molecule has 2 aliphatic rings. The van der Waals surface area contributed by atoms with Crippen LogP contribution in [0.2, 0.25) is 0 Å². The second-order valence-electron chi connectivity index (χ2n) is 5.92. The van der Waals surface area contributed by atoms with Crippen LogP contribution in [-0.2, 0) is 16.1 Å². The normalized spacial score (nSPS) is 28.5. The quantitative estimate of drug-likeness (QED) is 0.848. The Morgan fingerprint density at radius 2 is 2.29 bits per heavy atom. The summed E-state index contributed by atoms with van der Waals surface area (Å²) < 4.78 is 5.15. The second-order valence-corrected chi connectivity index (χ2v) is 5.92. The molecule has 2 heterocycles. The zero-order valence-corrected chi connectivity index (χ0v) is 11.8. The highest BCUT2D eigenvalue weighted by Crippen LogP contribution is 2.41. The Morgan fingerprint density at radius 3 is 3.00 bits per heavy atom. The zero-order valence-electron chi connectivity index (χ0n) is 11.8. The first kappa shape index (κ1) is 14.1. The van der Waals surface area contributed by atoms with Crippen LogP contribution in [0, 0.1) is 11.8 Å². The smallest absolute Gasteiger partial charge is 0.321 e. The molecule has 3 unspecified atom stereocenters. The minimum Gasteiger partial charge on any atom is -0.480 e. The summed E-state index contributed by atoms with van der Waals surface area (Å²) in [5.74, 6) is 0.377. The van der Waals surface area contributed by atoms with Crippen molar-refractivity contribution in [3.63, 3.8) is 0 Å². The number of hydrogen-bond acceptors (Lipinski definition) is 4. The topological polar surface area (TPSA) is 82.8 Å². The van der Waals surface area contributed by atoms with Gasteiger partial charge in [0.05, 0.1) is 19.4 Å². The van der Waals surface area contributed by atoms with Crippen molar-refractivity contribution in [1.82, 2.24) is 10.2 Å². The van der Waals surface area contributed by atoms with Gasteiger partial charge >= 0.3 is 5.97 Å². The van der Waals surface area contributed by atoms with Gasteiger partial charge in [-0.25, -0.2) is 0 Å². The Kier molecular flexibility index (Phi) is 3.96. The zero-order chi connectivity index (χ0) is 14.8. The van der Waals surface area contributed by atoms with E-state index in [1.54, 1.807) is 18.4 Å². The molecule has 2 fully saturated rings. The summed E-state index contributed by atoms with van der Waals surface area (Å²) in [5.41, 5.74) is 0. The number of fused-ring (bicyclic) bond motifs is 1. The van der Waals surface area contributed by atoms with E-state index in [9.17, 15) is 14.7 Å². The fourth-order valence-corrected chi connectivity index (χ4v) is 3.73. The van der Waals surface area contributed by atoms with Gasteiger partial charge in [0.2, 0.25) is 5.91 Å². The predicted octanol–water partition coefficient (Wildman–Crippen LogP) is 1.08. The van der Waals surface area contributed by atoms with Gasteiger partial charge < -0.3 is 14.8 Å². The van der Waals surface area contributed by atoms with Crippen molar-refractivity contribution in [2.45, 2.75) is 31.8 Å². The average molecular weight is 292 g/mol. The molecule has 114 valence electrons. The molecule has 3 atom stereocenters. The van der Waals surface area contributed by atoms with Gasteiger partial charge in [0.1, 0.15) is 11.8 Å². The highest BCUT2D eigenvalue weighted by molar-refractivity contribution is 5.80. The Morgan fingerprint density at radius 1 is 1.43 bits per heavy atom. The maximum atomic E-state index is 12.0. The lowest BCUT2D eigenvalue weighted by atomic mass is 9.94. The number of aliphatic carboxylic acids is 1. The van der Waals surface area contributed by atoms with E-state index in [2.05, 4.69) is 5.32 Å². The molecule has 2 N–H and O–H groups in total. The van der Waals surface area contributed by atoms with E-state index < -0.39 is 12.0 Å². The summed E-state index contributed by atoms with van der Waals surface area (Å²) in [6.45, 7) is 1.20. The molecule has 0 aromatic carbocycles. The first-order valence-corrected chi connectivity index (χ1v) is 7.41. The number of nitrogens with zero attached hydrogens (tertiary/aromatic N) is 1. The molecule has 1 aromatic rings. The average Bonchev–Trinajstić information content (AvgIpc) is 3.11. The van der Waals surface area contributed by atoms with E-state index in [1.165, 1.54) is 0 Å². The van der Waals surface area contributed by atoms with Gasteiger partial charge in [-0.15, -0.1) is 0 Å². The molecule has 1 aliphatic heterocycles. The maximum Gasteiger partial charge on any atom is 0.321 e. The summed E-state index contributed by atoms with van der Waals surface area (Å²) in [7, 11) is 0. The van der Waals surface area contributed by atoms with E-state index in [1.807, 2.05) is 4.90 Å². The second kappa shape index (κ2) is 5.89. The number of carbonyl (C=O) groups excluding carboxylic acids is 1. The number of hydrogen-bond donors (Lipinski definition) is 2. The predicted molar refractivity (Wildman–Crippen MR) is 74.4 cm³/mol. The van der Waals surface area contributed by atoms with Gasteiger partial charge in [0.15, 0.2) is 0 Å². The molecular weight excluding hydrogens is 272 g/mol. The van der Waals surface area contributed by atoms with E-state index in [4.69, 9.17) is 4.42 Å². The Labute approximate surface area is 123 Å². The molecule has 0 bridgehead atoms. The Hall–Kier alpha value is -1.82. The highest BCUT2D eigenvalue weighted by Gasteiger charge is 2.47. The number of nitrogens with one attached hydrogen (secondary N) is 1. The number of carboxylic acid groups (broad SMARTS) is 1. The molecule has 1 saturated carbocycles. The summed E-state index contributed by atoms with van der Waals surface area (Å²) in [6.07, 6.45) is 4.71. The summed E-state index contributed by atoms with van der Waals surface area (Å²) in [4.78, 5) is 25.3. The molecule has 6 heteroatoms. The molecule has 0 spiro atoms. The number of furan rings is 1. The number of likely N-dealkylation sites (tertiary alicyclic amines) is 1. The van der Waals surface area contributed by atoms with Gasteiger partial charge in [0.25, 0.3) is 0 Å². The van der Waals surface area contributed by atoms with Gasteiger partial charge in [-0.2, -0.15) is 0 Å². The van der Waals surface area contributed by atoms with Crippen LogP contribution in [0.25, 0.3) is 0 Å². The molecule has 1 aromatic heterocycles. The van der Waals surface area contributed by atoms with E-state index in [0.29, 0.717) is 18.2 Å². The lowest BCUT2D eigenvalue weighted by Crippen LogP contribution is -2.44. The van der Waals surface area contributed by atoms with Gasteiger partial charge in [-0.05, 0) is 36.8 Å². The van der Waals surface area contributed by atoms with Crippen LogP contribution in [0.3, 0.4) is 0 Å². The van der Waals surface area contributed by atoms with Crippen molar-refractivity contribution in [2.24, 2.45) is 11.8 Å². The van der Waals surface area contributed by atoms with Gasteiger partial charge in [-0.1, -0.05) is 6.42 Å². The van der Waals surface area contributed by atoms with E-state index in [-0.39, 0.29) is 18.4 Å². The van der Waals surface area contributed by atoms with Crippen molar-refractivity contribution in [2.75, 3.05) is 13.1 Å². The molecule has 3 rings (SSSR count). The third-order valence-corrected chi connectivity index (χ3v) is 4.63. The Bertz CT molecular complexity index is 514. The lowest BCUT2D eigenvalue weighted by Gasteiger charge is -2.23. The molecule has 21 heavy (non-hydrogen) atoms. The largest absolute Gasteiger partial charge is 0.480 e. The Balaban J connectivity index is 1.56. The van der Waals surface area contributed by atoms with Crippen LogP contribution in [0.4, 0.5) is 0 Å². The van der Waals surface area contributed by atoms with Gasteiger partial charge in [0, 0.05) is 6.54 Å². The van der Waals surface area contributed by atoms with Crippen molar-refractivity contribution in [3.8, 4) is 0 Å². The van der Waals surface area contributed by atoms with Crippen molar-refractivity contribution >= 4 is 11.9 Å². The van der Waals surface area contributed by atoms with Crippen LogP contribution in [0.5, 0.6) is 0 Å². The number of rotatable bonds is 5. The van der Waals surface area contributed by atoms with Crippen molar-refractivity contribution in [3.05, 3.63) is 24.2 Å². The summed E-state index contributed by atoms with van der Waals surface area (Å²) >= 11 is 0. The maximum absolute atomic E-state index is 12.0.